The third-order valence-electron chi connectivity index (χ3n) is 6.01. The van der Waals surface area contributed by atoms with E-state index in [9.17, 15) is 19.2 Å². The Morgan fingerprint density at radius 3 is 2.66 bits per heavy atom. The Labute approximate surface area is 169 Å². The zero-order chi connectivity index (χ0) is 20.4. The van der Waals surface area contributed by atoms with Crippen LogP contribution < -0.4 is 10.2 Å². The molecule has 1 aromatic carbocycles. The first-order valence-electron chi connectivity index (χ1n) is 10.2. The maximum Gasteiger partial charge on any atom is 0.325 e. The van der Waals surface area contributed by atoms with Crippen LogP contribution in [0.5, 0.6) is 0 Å². The summed E-state index contributed by atoms with van der Waals surface area (Å²) in [6.45, 7) is 0.209. The molecule has 1 saturated carbocycles. The van der Waals surface area contributed by atoms with Gasteiger partial charge >= 0.3 is 12.0 Å². The van der Waals surface area contributed by atoms with Gasteiger partial charge in [0.1, 0.15) is 5.54 Å². The number of nitrogens with one attached hydrogen (secondary N) is 1. The van der Waals surface area contributed by atoms with Crippen molar-refractivity contribution < 1.29 is 23.9 Å². The standard InChI is InChI=1S/C21H25N3O5/c25-17(23-12-5-7-15-6-1-2-8-16(15)23)14-29-18(26)9-13-24-19(27)21(22-20(24)28)10-3-4-11-21/h1-2,6,8H,3-5,7,9-14H2,(H,22,28). The minimum atomic E-state index is -0.779. The van der Waals surface area contributed by atoms with Crippen molar-refractivity contribution in [3.8, 4) is 0 Å². The van der Waals surface area contributed by atoms with E-state index in [1.54, 1.807) is 4.90 Å². The van der Waals surface area contributed by atoms with E-state index >= 15 is 0 Å². The molecule has 2 fully saturated rings. The zero-order valence-corrected chi connectivity index (χ0v) is 16.3. The Morgan fingerprint density at radius 2 is 1.86 bits per heavy atom. The van der Waals surface area contributed by atoms with Crippen LogP contribution in [-0.4, -0.2) is 54.0 Å². The summed E-state index contributed by atoms with van der Waals surface area (Å²) in [6.07, 6.45) is 4.76. The molecule has 1 aromatic rings. The Balaban J connectivity index is 1.27. The van der Waals surface area contributed by atoms with Crippen LogP contribution in [0.15, 0.2) is 24.3 Å². The minimum absolute atomic E-state index is 0.0357. The van der Waals surface area contributed by atoms with Gasteiger partial charge in [0, 0.05) is 18.8 Å². The van der Waals surface area contributed by atoms with Gasteiger partial charge in [-0.3, -0.25) is 19.3 Å². The van der Waals surface area contributed by atoms with E-state index in [1.165, 1.54) is 0 Å². The van der Waals surface area contributed by atoms with Crippen LogP contribution in [0.25, 0.3) is 0 Å². The van der Waals surface area contributed by atoms with Gasteiger partial charge in [0.25, 0.3) is 11.8 Å². The lowest BCUT2D eigenvalue weighted by molar-refractivity contribution is -0.148. The number of fused-ring (bicyclic) bond motifs is 1. The fourth-order valence-corrected chi connectivity index (χ4v) is 4.48. The quantitative estimate of drug-likeness (QED) is 0.601. The second-order valence-electron chi connectivity index (χ2n) is 7.86. The summed E-state index contributed by atoms with van der Waals surface area (Å²) >= 11 is 0. The summed E-state index contributed by atoms with van der Waals surface area (Å²) in [7, 11) is 0. The van der Waals surface area contributed by atoms with E-state index in [-0.39, 0.29) is 31.4 Å². The van der Waals surface area contributed by atoms with Crippen molar-refractivity contribution in [2.24, 2.45) is 0 Å². The van der Waals surface area contributed by atoms with Crippen LogP contribution >= 0.6 is 0 Å². The largest absolute Gasteiger partial charge is 0.455 e. The van der Waals surface area contributed by atoms with Gasteiger partial charge in [-0.25, -0.2) is 4.79 Å². The highest BCUT2D eigenvalue weighted by atomic mass is 16.5. The highest BCUT2D eigenvalue weighted by Crippen LogP contribution is 2.35. The van der Waals surface area contributed by atoms with Crippen LogP contribution in [-0.2, 0) is 25.5 Å². The fourth-order valence-electron chi connectivity index (χ4n) is 4.48. The van der Waals surface area contributed by atoms with E-state index in [0.717, 1.165) is 41.8 Å². The normalized spacial score (nSPS) is 20.0. The number of carbonyl (C=O) groups excluding carboxylic acids is 4. The number of ether oxygens (including phenoxy) is 1. The molecule has 8 nitrogen and oxygen atoms in total. The van der Waals surface area contributed by atoms with Gasteiger partial charge < -0.3 is 15.0 Å². The van der Waals surface area contributed by atoms with Gasteiger partial charge in [0.15, 0.2) is 6.61 Å². The number of hydrogen-bond acceptors (Lipinski definition) is 5. The van der Waals surface area contributed by atoms with Crippen molar-refractivity contribution in [3.63, 3.8) is 0 Å². The third kappa shape index (κ3) is 3.71. The van der Waals surface area contributed by atoms with Gasteiger partial charge in [-0.15, -0.1) is 0 Å². The molecule has 2 aliphatic heterocycles. The molecule has 1 aliphatic carbocycles. The zero-order valence-electron chi connectivity index (χ0n) is 16.3. The van der Waals surface area contributed by atoms with Crippen LogP contribution in [0.4, 0.5) is 10.5 Å². The van der Waals surface area contributed by atoms with Gasteiger partial charge in [-0.05, 0) is 37.3 Å². The number of benzene rings is 1. The monoisotopic (exact) mass is 399 g/mol. The molecule has 2 heterocycles. The fraction of sp³-hybridized carbons (Fsp3) is 0.524. The molecule has 0 atom stereocenters. The van der Waals surface area contributed by atoms with Crippen molar-refractivity contribution in [2.75, 3.05) is 24.6 Å². The number of nitrogens with zero attached hydrogens (tertiary/aromatic N) is 2. The number of hydrogen-bond donors (Lipinski definition) is 1. The molecule has 3 aliphatic rings. The maximum absolute atomic E-state index is 12.6. The first kappa shape index (κ1) is 19.4. The number of para-hydroxylation sites is 1. The van der Waals surface area contributed by atoms with Crippen molar-refractivity contribution in [2.45, 2.75) is 50.5 Å². The van der Waals surface area contributed by atoms with E-state index in [0.29, 0.717) is 19.4 Å². The first-order chi connectivity index (χ1) is 14.0. The van der Waals surface area contributed by atoms with E-state index < -0.39 is 17.5 Å². The number of amides is 4. The lowest BCUT2D eigenvalue weighted by Crippen LogP contribution is -2.44. The van der Waals surface area contributed by atoms with Gasteiger partial charge in [-0.2, -0.15) is 0 Å². The minimum Gasteiger partial charge on any atom is -0.455 e. The summed E-state index contributed by atoms with van der Waals surface area (Å²) in [5.41, 5.74) is 1.19. The van der Waals surface area contributed by atoms with E-state index in [4.69, 9.17) is 4.74 Å². The molecule has 8 heteroatoms. The predicted molar refractivity (Wildman–Crippen MR) is 104 cm³/mol. The highest BCUT2D eigenvalue weighted by molar-refractivity contribution is 6.07. The molecule has 4 rings (SSSR count). The molecule has 0 bridgehead atoms. The molecule has 154 valence electrons. The topological polar surface area (TPSA) is 96.0 Å². The summed E-state index contributed by atoms with van der Waals surface area (Å²) in [5.74, 6) is -1.13. The first-order valence-corrected chi connectivity index (χ1v) is 10.2. The summed E-state index contributed by atoms with van der Waals surface area (Å²) in [5, 5.41) is 2.78. The van der Waals surface area contributed by atoms with Gasteiger partial charge in [0.05, 0.1) is 6.42 Å². The van der Waals surface area contributed by atoms with Gasteiger partial charge in [0.2, 0.25) is 0 Å². The van der Waals surface area contributed by atoms with Crippen molar-refractivity contribution in [1.29, 1.82) is 0 Å². The van der Waals surface area contributed by atoms with Crippen LogP contribution in [0.3, 0.4) is 0 Å². The summed E-state index contributed by atoms with van der Waals surface area (Å²) < 4.78 is 5.12. The Bertz CT molecular complexity index is 846. The van der Waals surface area contributed by atoms with Crippen LogP contribution in [0.1, 0.15) is 44.1 Å². The molecular formula is C21H25N3O5. The van der Waals surface area contributed by atoms with E-state index in [2.05, 4.69) is 5.32 Å². The Kier molecular flexibility index (Phi) is 5.25. The van der Waals surface area contributed by atoms with Gasteiger partial charge in [-0.1, -0.05) is 31.0 Å². The molecule has 1 N–H and O–H groups in total. The van der Waals surface area contributed by atoms with E-state index in [1.807, 2.05) is 24.3 Å². The van der Waals surface area contributed by atoms with Crippen molar-refractivity contribution in [1.82, 2.24) is 10.2 Å². The molecule has 29 heavy (non-hydrogen) atoms. The average molecular weight is 399 g/mol. The molecular weight excluding hydrogens is 374 g/mol. The molecule has 0 radical (unpaired) electrons. The summed E-state index contributed by atoms with van der Waals surface area (Å²) in [6, 6.07) is 7.26. The average Bonchev–Trinajstić information content (AvgIpc) is 3.29. The number of aryl methyl sites for hydroxylation is 1. The highest BCUT2D eigenvalue weighted by Gasteiger charge is 2.52. The predicted octanol–water partition coefficient (Wildman–Crippen LogP) is 1.76. The van der Waals surface area contributed by atoms with Crippen LogP contribution in [0, 0.1) is 0 Å². The summed E-state index contributed by atoms with van der Waals surface area (Å²) in [4.78, 5) is 52.1. The second kappa shape index (κ2) is 7.85. The van der Waals surface area contributed by atoms with Crippen molar-refractivity contribution >= 4 is 29.5 Å². The Morgan fingerprint density at radius 1 is 1.10 bits per heavy atom. The maximum atomic E-state index is 12.6. The van der Waals surface area contributed by atoms with Crippen molar-refractivity contribution in [3.05, 3.63) is 29.8 Å². The molecule has 1 saturated heterocycles. The molecule has 0 aromatic heterocycles. The number of carbonyl (C=O) groups is 4. The third-order valence-corrected chi connectivity index (χ3v) is 6.01. The second-order valence-corrected chi connectivity index (χ2v) is 7.86. The molecule has 4 amide bonds. The number of rotatable bonds is 5. The Hall–Kier alpha value is -2.90. The molecule has 0 unspecified atom stereocenters. The number of imide groups is 1. The number of urea groups is 1. The number of esters is 1. The molecule has 1 spiro atoms. The lowest BCUT2D eigenvalue weighted by atomic mass is 9.98. The van der Waals surface area contributed by atoms with Crippen LogP contribution in [0.2, 0.25) is 0 Å². The SMILES string of the molecule is O=C(CCN1C(=O)NC2(CCCC2)C1=O)OCC(=O)N1CCCc2ccccc21. The smallest absolute Gasteiger partial charge is 0.325 e. The lowest BCUT2D eigenvalue weighted by Gasteiger charge is -2.29. The number of anilines is 1.